The number of carbonyl (C=O) groups is 3. The fourth-order valence-corrected chi connectivity index (χ4v) is 6.49. The molecule has 258 valence electrons. The summed E-state index contributed by atoms with van der Waals surface area (Å²) >= 11 is 12.2. The van der Waals surface area contributed by atoms with Crippen LogP contribution in [-0.4, -0.2) is 70.6 Å². The average molecular weight is 700 g/mol. The maximum absolute atomic E-state index is 12.7. The number of ether oxygens (including phenoxy) is 4. The molecule has 2 atom stereocenters. The Morgan fingerprint density at radius 2 is 1.17 bits per heavy atom. The summed E-state index contributed by atoms with van der Waals surface area (Å²) in [6.45, 7) is 3.26. The normalized spacial score (nSPS) is 16.5. The van der Waals surface area contributed by atoms with Crippen molar-refractivity contribution < 1.29 is 33.3 Å². The average Bonchev–Trinajstić information content (AvgIpc) is 3.12. The molecule has 0 bridgehead atoms. The molecule has 0 spiro atoms. The third-order valence-corrected chi connectivity index (χ3v) is 9.36. The molecule has 2 aliphatic heterocycles. The van der Waals surface area contributed by atoms with Crippen molar-refractivity contribution in [1.82, 2.24) is 5.32 Å². The number of halogens is 2. The van der Waals surface area contributed by atoms with Crippen LogP contribution in [0.2, 0.25) is 10.0 Å². The van der Waals surface area contributed by atoms with Crippen molar-refractivity contribution in [3.8, 4) is 0 Å². The van der Waals surface area contributed by atoms with Crippen LogP contribution in [0.1, 0.15) is 70.1 Å². The van der Waals surface area contributed by atoms with Gasteiger partial charge in [-0.1, -0.05) is 77.8 Å². The van der Waals surface area contributed by atoms with Gasteiger partial charge in [0.05, 0.1) is 29.8 Å². The number of esters is 2. The van der Waals surface area contributed by atoms with Gasteiger partial charge in [-0.15, -0.1) is 0 Å². The highest BCUT2D eigenvalue weighted by Crippen LogP contribution is 2.29. The van der Waals surface area contributed by atoms with Gasteiger partial charge in [0, 0.05) is 32.8 Å². The van der Waals surface area contributed by atoms with Gasteiger partial charge in [0.15, 0.2) is 0 Å². The Bertz CT molecular complexity index is 1470. The predicted molar refractivity (Wildman–Crippen MR) is 186 cm³/mol. The largest absolute Gasteiger partial charge is 0.468 e. The van der Waals surface area contributed by atoms with Crippen molar-refractivity contribution in [3.05, 3.63) is 105 Å². The number of methoxy groups -OCH3 is 2. The first kappa shape index (κ1) is 37.4. The minimum Gasteiger partial charge on any atom is -0.468 e. The van der Waals surface area contributed by atoms with Gasteiger partial charge in [-0.05, 0) is 78.3 Å². The van der Waals surface area contributed by atoms with Crippen LogP contribution in [0.3, 0.4) is 0 Å². The van der Waals surface area contributed by atoms with Crippen LogP contribution in [0.25, 0.3) is 0 Å². The molecule has 0 radical (unpaired) electrons. The molecule has 0 aliphatic carbocycles. The number of rotatable bonds is 10. The van der Waals surface area contributed by atoms with Gasteiger partial charge in [-0.3, -0.25) is 9.59 Å². The molecule has 11 heteroatoms. The second-order valence-electron chi connectivity index (χ2n) is 11.9. The quantitative estimate of drug-likeness (QED) is 0.246. The van der Waals surface area contributed by atoms with E-state index >= 15 is 0 Å². The molecule has 0 unspecified atom stereocenters. The molecule has 2 heterocycles. The Kier molecular flexibility index (Phi) is 14.7. The number of hydrogen-bond donors (Lipinski definition) is 2. The van der Waals surface area contributed by atoms with Crippen molar-refractivity contribution in [1.29, 1.82) is 0 Å². The summed E-state index contributed by atoms with van der Waals surface area (Å²) in [5.74, 6) is -0.327. The summed E-state index contributed by atoms with van der Waals surface area (Å²) in [7, 11) is 2.65. The van der Waals surface area contributed by atoms with E-state index in [1.807, 2.05) is 24.3 Å². The minimum absolute atomic E-state index is 0.139. The lowest BCUT2D eigenvalue weighted by molar-refractivity contribution is -0.143. The molecule has 3 aromatic rings. The Labute approximate surface area is 292 Å². The van der Waals surface area contributed by atoms with Gasteiger partial charge in [-0.25, -0.2) is 4.79 Å². The fraction of sp³-hybridized carbons (Fsp3) is 0.432. The summed E-state index contributed by atoms with van der Waals surface area (Å²) in [5, 5.41) is 3.14. The zero-order chi connectivity index (χ0) is 34.5. The Balaban J connectivity index is 0.000000237. The Hall–Kier alpha value is -3.47. The molecule has 5 rings (SSSR count). The lowest BCUT2D eigenvalue weighted by Crippen LogP contribution is -2.43. The van der Waals surface area contributed by atoms with Gasteiger partial charge < -0.3 is 30.0 Å². The van der Waals surface area contributed by atoms with Gasteiger partial charge in [0.2, 0.25) is 0 Å². The standard InChI is InChI=1S/C22H23Cl2NO4.C15H21NO3/c1-28-22(27)19(25-21(26)20-17(23)3-2-4-18(20)24)13-14-5-7-15(8-6-14)16-9-11-29-12-10-16;1-18-15(17)14(16)10-11-2-4-12(5-3-11)13-6-8-19-9-7-13/h2-8,16,19H,9-13H2,1H3,(H,25,26);2-5,13-14H,6-10,16H2,1H3/t19-;14-/m00/s1. The second kappa shape index (κ2) is 18.9. The molecule has 1 amide bonds. The Morgan fingerprint density at radius 1 is 0.729 bits per heavy atom. The number of nitrogens with two attached hydrogens (primary N) is 1. The van der Waals surface area contributed by atoms with E-state index in [0.29, 0.717) is 24.7 Å². The minimum atomic E-state index is -0.853. The number of benzene rings is 3. The summed E-state index contributed by atoms with van der Waals surface area (Å²) < 4.78 is 20.3. The first-order valence-corrected chi connectivity index (χ1v) is 16.9. The van der Waals surface area contributed by atoms with Gasteiger partial charge >= 0.3 is 11.9 Å². The summed E-state index contributed by atoms with van der Waals surface area (Å²) in [5.41, 5.74) is 10.5. The van der Waals surface area contributed by atoms with E-state index in [1.54, 1.807) is 18.2 Å². The lowest BCUT2D eigenvalue weighted by Gasteiger charge is -2.23. The zero-order valence-corrected chi connectivity index (χ0v) is 28.9. The summed E-state index contributed by atoms with van der Waals surface area (Å²) in [4.78, 5) is 36.2. The monoisotopic (exact) mass is 698 g/mol. The van der Waals surface area contributed by atoms with Gasteiger partial charge in [0.1, 0.15) is 12.1 Å². The molecule has 2 fully saturated rings. The highest BCUT2D eigenvalue weighted by molar-refractivity contribution is 6.39. The van der Waals surface area contributed by atoms with Crippen LogP contribution in [-0.2, 0) is 41.4 Å². The molecule has 9 nitrogen and oxygen atoms in total. The van der Waals surface area contributed by atoms with Crippen molar-refractivity contribution in [2.24, 2.45) is 5.73 Å². The maximum Gasteiger partial charge on any atom is 0.328 e. The summed E-state index contributed by atoms with van der Waals surface area (Å²) in [6.07, 6.45) is 5.01. The van der Waals surface area contributed by atoms with E-state index in [4.69, 9.17) is 43.1 Å². The van der Waals surface area contributed by atoms with Crippen LogP contribution < -0.4 is 11.1 Å². The van der Waals surface area contributed by atoms with Gasteiger partial charge in [0.25, 0.3) is 5.91 Å². The van der Waals surface area contributed by atoms with Crippen LogP contribution in [0, 0.1) is 0 Å². The maximum atomic E-state index is 12.7. The van der Waals surface area contributed by atoms with Crippen molar-refractivity contribution in [3.63, 3.8) is 0 Å². The number of hydrogen-bond acceptors (Lipinski definition) is 8. The molecule has 0 aromatic heterocycles. The first-order valence-electron chi connectivity index (χ1n) is 16.2. The topological polar surface area (TPSA) is 126 Å². The summed E-state index contributed by atoms with van der Waals surface area (Å²) in [6, 6.07) is 19.8. The zero-order valence-electron chi connectivity index (χ0n) is 27.4. The van der Waals surface area contributed by atoms with Crippen molar-refractivity contribution in [2.75, 3.05) is 40.6 Å². The SMILES string of the molecule is COC(=O)[C@@H](N)Cc1ccc(C2CCOCC2)cc1.COC(=O)[C@H](Cc1ccc(C2CCOCC2)cc1)NC(=O)c1c(Cl)cccc1Cl. The lowest BCUT2D eigenvalue weighted by atomic mass is 9.90. The first-order chi connectivity index (χ1) is 23.2. The molecule has 2 saturated heterocycles. The van der Waals surface area contributed by atoms with E-state index < -0.39 is 24.0 Å². The van der Waals surface area contributed by atoms with Crippen LogP contribution in [0.5, 0.6) is 0 Å². The molecule has 3 aromatic carbocycles. The van der Waals surface area contributed by atoms with E-state index in [0.717, 1.165) is 63.2 Å². The van der Waals surface area contributed by atoms with E-state index in [-0.39, 0.29) is 21.6 Å². The van der Waals surface area contributed by atoms with E-state index in [2.05, 4.69) is 34.3 Å². The molecule has 2 aliphatic rings. The van der Waals surface area contributed by atoms with E-state index in [1.165, 1.54) is 25.3 Å². The Morgan fingerprint density at radius 3 is 1.60 bits per heavy atom. The fourth-order valence-electron chi connectivity index (χ4n) is 5.92. The highest BCUT2D eigenvalue weighted by Gasteiger charge is 2.25. The molecule has 48 heavy (non-hydrogen) atoms. The number of nitrogens with one attached hydrogen (secondary N) is 1. The predicted octanol–water partition coefficient (Wildman–Crippen LogP) is 6.02. The van der Waals surface area contributed by atoms with Crippen LogP contribution >= 0.6 is 23.2 Å². The highest BCUT2D eigenvalue weighted by atomic mass is 35.5. The smallest absolute Gasteiger partial charge is 0.328 e. The third-order valence-electron chi connectivity index (χ3n) is 8.73. The number of carbonyl (C=O) groups excluding carboxylic acids is 3. The molecular weight excluding hydrogens is 655 g/mol. The van der Waals surface area contributed by atoms with E-state index in [9.17, 15) is 14.4 Å². The molecular formula is C37H44Cl2N2O7. The second-order valence-corrected chi connectivity index (χ2v) is 12.8. The number of amides is 1. The van der Waals surface area contributed by atoms with Crippen LogP contribution in [0.4, 0.5) is 0 Å². The molecule has 0 saturated carbocycles. The van der Waals surface area contributed by atoms with Crippen molar-refractivity contribution in [2.45, 2.75) is 62.4 Å². The van der Waals surface area contributed by atoms with Crippen molar-refractivity contribution >= 4 is 41.0 Å². The van der Waals surface area contributed by atoms with Crippen LogP contribution in [0.15, 0.2) is 66.7 Å². The molecule has 3 N–H and O–H groups in total. The third kappa shape index (κ3) is 10.8. The van der Waals surface area contributed by atoms with Gasteiger partial charge in [-0.2, -0.15) is 0 Å².